The number of nitrogens with zero attached hydrogens (tertiary/aromatic N) is 1. The highest BCUT2D eigenvalue weighted by Gasteiger charge is 2.09. The maximum absolute atomic E-state index is 6.08. The van der Waals surface area contributed by atoms with E-state index in [1.54, 1.807) is 12.4 Å². The van der Waals surface area contributed by atoms with Gasteiger partial charge in [-0.2, -0.15) is 0 Å². The van der Waals surface area contributed by atoms with Crippen molar-refractivity contribution in [2.24, 2.45) is 5.73 Å². The average Bonchev–Trinajstić information content (AvgIpc) is 2.38. The van der Waals surface area contributed by atoms with Gasteiger partial charge in [0.15, 0.2) is 0 Å². The number of hydrogen-bond donors (Lipinski definition) is 1. The fourth-order valence-electron chi connectivity index (χ4n) is 1.66. The third-order valence-corrected chi connectivity index (χ3v) is 2.65. The van der Waals surface area contributed by atoms with Crippen molar-refractivity contribution in [1.29, 1.82) is 0 Å². The van der Waals surface area contributed by atoms with Crippen LogP contribution in [0.15, 0.2) is 48.8 Å². The number of nitrogens with two attached hydrogens (primary N) is 1. The zero-order valence-corrected chi connectivity index (χ0v) is 9.84. The van der Waals surface area contributed by atoms with Gasteiger partial charge in [0, 0.05) is 12.4 Å². The summed E-state index contributed by atoms with van der Waals surface area (Å²) in [5, 5.41) is 0. The van der Waals surface area contributed by atoms with E-state index in [0.717, 1.165) is 16.9 Å². The highest BCUT2D eigenvalue weighted by atomic mass is 16.5. The number of hydrogen-bond acceptors (Lipinski definition) is 3. The minimum atomic E-state index is -0.149. The smallest absolute Gasteiger partial charge is 0.119 e. The van der Waals surface area contributed by atoms with E-state index in [-0.39, 0.29) is 6.04 Å². The van der Waals surface area contributed by atoms with Crippen molar-refractivity contribution in [3.8, 4) is 5.75 Å². The lowest BCUT2D eigenvalue weighted by Gasteiger charge is -2.15. The van der Waals surface area contributed by atoms with Gasteiger partial charge in [0.1, 0.15) is 12.4 Å². The van der Waals surface area contributed by atoms with Crippen LogP contribution in [0.4, 0.5) is 0 Å². The Kier molecular flexibility index (Phi) is 3.73. The lowest BCUT2D eigenvalue weighted by atomic mass is 10.1. The predicted octanol–water partition coefficient (Wildman–Crippen LogP) is 2.47. The third kappa shape index (κ3) is 3.04. The first-order chi connectivity index (χ1) is 8.27. The Morgan fingerprint density at radius 2 is 2.00 bits per heavy atom. The Morgan fingerprint density at radius 1 is 1.24 bits per heavy atom. The summed E-state index contributed by atoms with van der Waals surface area (Å²) in [5.41, 5.74) is 8.25. The molecule has 3 heteroatoms. The SMILES string of the molecule is Cc1ccncc1C(N)COc1ccccc1. The molecule has 2 rings (SSSR count). The van der Waals surface area contributed by atoms with E-state index >= 15 is 0 Å². The minimum Gasteiger partial charge on any atom is -0.492 e. The van der Waals surface area contributed by atoms with Crippen LogP contribution in [-0.2, 0) is 0 Å². The molecule has 0 saturated heterocycles. The van der Waals surface area contributed by atoms with Gasteiger partial charge in [-0.05, 0) is 36.2 Å². The number of benzene rings is 1. The van der Waals surface area contributed by atoms with Gasteiger partial charge in [-0.25, -0.2) is 0 Å². The van der Waals surface area contributed by atoms with Crippen LogP contribution in [0.1, 0.15) is 17.2 Å². The molecule has 0 saturated carbocycles. The molecule has 1 atom stereocenters. The molecule has 88 valence electrons. The van der Waals surface area contributed by atoms with Crippen LogP contribution in [0.5, 0.6) is 5.75 Å². The first-order valence-electron chi connectivity index (χ1n) is 5.61. The largest absolute Gasteiger partial charge is 0.492 e. The maximum Gasteiger partial charge on any atom is 0.119 e. The second-order valence-electron chi connectivity index (χ2n) is 3.96. The van der Waals surface area contributed by atoms with Gasteiger partial charge in [-0.15, -0.1) is 0 Å². The first-order valence-corrected chi connectivity index (χ1v) is 5.61. The Bertz CT molecular complexity index is 471. The van der Waals surface area contributed by atoms with Gasteiger partial charge in [0.2, 0.25) is 0 Å². The second kappa shape index (κ2) is 5.46. The number of ether oxygens (including phenoxy) is 1. The summed E-state index contributed by atoms with van der Waals surface area (Å²) in [6.07, 6.45) is 3.57. The normalized spacial score (nSPS) is 12.1. The summed E-state index contributed by atoms with van der Waals surface area (Å²) in [4.78, 5) is 4.09. The van der Waals surface area contributed by atoms with Crippen molar-refractivity contribution in [1.82, 2.24) is 4.98 Å². The molecule has 1 unspecified atom stereocenters. The quantitative estimate of drug-likeness (QED) is 0.874. The second-order valence-corrected chi connectivity index (χ2v) is 3.96. The summed E-state index contributed by atoms with van der Waals surface area (Å²) in [6.45, 7) is 2.48. The standard InChI is InChI=1S/C14H16N2O/c1-11-7-8-16-9-13(11)14(15)10-17-12-5-3-2-4-6-12/h2-9,14H,10,15H2,1H3. The average molecular weight is 228 g/mol. The molecule has 2 aromatic rings. The monoisotopic (exact) mass is 228 g/mol. The summed E-state index contributed by atoms with van der Waals surface area (Å²) in [5.74, 6) is 0.837. The van der Waals surface area contributed by atoms with Crippen LogP contribution < -0.4 is 10.5 Å². The van der Waals surface area contributed by atoms with Crippen LogP contribution >= 0.6 is 0 Å². The topological polar surface area (TPSA) is 48.1 Å². The van der Waals surface area contributed by atoms with Gasteiger partial charge in [-0.1, -0.05) is 18.2 Å². The van der Waals surface area contributed by atoms with E-state index in [2.05, 4.69) is 4.98 Å². The predicted molar refractivity (Wildman–Crippen MR) is 67.8 cm³/mol. The van der Waals surface area contributed by atoms with Gasteiger partial charge >= 0.3 is 0 Å². The van der Waals surface area contributed by atoms with Crippen LogP contribution in [-0.4, -0.2) is 11.6 Å². The molecule has 1 aromatic heterocycles. The highest BCUT2D eigenvalue weighted by molar-refractivity contribution is 5.25. The molecule has 0 aliphatic rings. The summed E-state index contributed by atoms with van der Waals surface area (Å²) in [7, 11) is 0. The molecule has 0 bridgehead atoms. The van der Waals surface area contributed by atoms with Crippen molar-refractivity contribution in [2.75, 3.05) is 6.61 Å². The maximum atomic E-state index is 6.08. The lowest BCUT2D eigenvalue weighted by molar-refractivity contribution is 0.290. The number of para-hydroxylation sites is 1. The molecule has 0 amide bonds. The zero-order valence-electron chi connectivity index (χ0n) is 9.84. The molecule has 0 radical (unpaired) electrons. The van der Waals surface area contributed by atoms with E-state index < -0.39 is 0 Å². The number of aromatic nitrogens is 1. The molecule has 17 heavy (non-hydrogen) atoms. The van der Waals surface area contributed by atoms with E-state index in [1.165, 1.54) is 0 Å². The van der Waals surface area contributed by atoms with Crippen molar-refractivity contribution in [3.63, 3.8) is 0 Å². The lowest BCUT2D eigenvalue weighted by Crippen LogP contribution is -2.20. The number of pyridine rings is 1. The Morgan fingerprint density at radius 3 is 2.71 bits per heavy atom. The van der Waals surface area contributed by atoms with Gasteiger partial charge in [-0.3, -0.25) is 4.98 Å². The van der Waals surface area contributed by atoms with Crippen molar-refractivity contribution < 1.29 is 4.74 Å². The van der Waals surface area contributed by atoms with E-state index in [1.807, 2.05) is 43.3 Å². The molecule has 1 aromatic carbocycles. The fourth-order valence-corrected chi connectivity index (χ4v) is 1.66. The van der Waals surface area contributed by atoms with Gasteiger partial charge in [0.05, 0.1) is 6.04 Å². The highest BCUT2D eigenvalue weighted by Crippen LogP contribution is 2.16. The van der Waals surface area contributed by atoms with E-state index in [9.17, 15) is 0 Å². The number of rotatable bonds is 4. The van der Waals surface area contributed by atoms with Crippen LogP contribution in [0.25, 0.3) is 0 Å². The molecule has 0 aliphatic heterocycles. The molecule has 2 N–H and O–H groups in total. The molecule has 1 heterocycles. The fraction of sp³-hybridized carbons (Fsp3) is 0.214. The van der Waals surface area contributed by atoms with E-state index in [0.29, 0.717) is 6.61 Å². The zero-order chi connectivity index (χ0) is 12.1. The van der Waals surface area contributed by atoms with Crippen LogP contribution in [0.2, 0.25) is 0 Å². The molecular formula is C14H16N2O. The first kappa shape index (κ1) is 11.6. The van der Waals surface area contributed by atoms with Gasteiger partial charge < -0.3 is 10.5 Å². The van der Waals surface area contributed by atoms with E-state index in [4.69, 9.17) is 10.5 Å². The Labute approximate surface area is 101 Å². The van der Waals surface area contributed by atoms with Crippen molar-refractivity contribution >= 4 is 0 Å². The minimum absolute atomic E-state index is 0.149. The summed E-state index contributed by atoms with van der Waals surface area (Å²) >= 11 is 0. The molecular weight excluding hydrogens is 212 g/mol. The molecule has 0 aliphatic carbocycles. The van der Waals surface area contributed by atoms with Crippen molar-refractivity contribution in [3.05, 3.63) is 59.9 Å². The molecule has 0 spiro atoms. The molecule has 0 fully saturated rings. The summed E-state index contributed by atoms with van der Waals surface area (Å²) in [6, 6.07) is 11.5. The van der Waals surface area contributed by atoms with Crippen molar-refractivity contribution in [2.45, 2.75) is 13.0 Å². The number of aryl methyl sites for hydroxylation is 1. The Hall–Kier alpha value is -1.87. The van der Waals surface area contributed by atoms with Crippen LogP contribution in [0.3, 0.4) is 0 Å². The Balaban J connectivity index is 1.99. The molecule has 3 nitrogen and oxygen atoms in total. The summed E-state index contributed by atoms with van der Waals surface area (Å²) < 4.78 is 5.62. The third-order valence-electron chi connectivity index (χ3n) is 2.65. The van der Waals surface area contributed by atoms with Crippen LogP contribution in [0, 0.1) is 6.92 Å². The van der Waals surface area contributed by atoms with Gasteiger partial charge in [0.25, 0.3) is 0 Å².